The SMILES string of the molecule is CC1CC(Br)=CC(Br)C1. The van der Waals surface area contributed by atoms with Crippen LogP contribution in [0, 0.1) is 5.92 Å². The van der Waals surface area contributed by atoms with E-state index in [0.717, 1.165) is 5.92 Å². The van der Waals surface area contributed by atoms with Gasteiger partial charge >= 0.3 is 0 Å². The van der Waals surface area contributed by atoms with Crippen LogP contribution in [0.1, 0.15) is 19.8 Å². The minimum Gasteiger partial charge on any atom is -0.0845 e. The minimum atomic E-state index is 0.593. The van der Waals surface area contributed by atoms with Gasteiger partial charge in [-0.1, -0.05) is 44.9 Å². The van der Waals surface area contributed by atoms with Crippen molar-refractivity contribution in [2.45, 2.75) is 24.6 Å². The van der Waals surface area contributed by atoms with E-state index in [-0.39, 0.29) is 0 Å². The quantitative estimate of drug-likeness (QED) is 0.580. The highest BCUT2D eigenvalue weighted by Gasteiger charge is 2.14. The molecule has 0 fully saturated rings. The van der Waals surface area contributed by atoms with E-state index in [1.165, 1.54) is 17.3 Å². The van der Waals surface area contributed by atoms with Crippen molar-refractivity contribution in [2.75, 3.05) is 0 Å². The van der Waals surface area contributed by atoms with E-state index in [2.05, 4.69) is 44.9 Å². The first-order valence-corrected chi connectivity index (χ1v) is 4.89. The Morgan fingerprint density at radius 2 is 2.33 bits per heavy atom. The number of alkyl halides is 1. The van der Waals surface area contributed by atoms with Gasteiger partial charge in [-0.25, -0.2) is 0 Å². The predicted octanol–water partition coefficient (Wildman–Crippen LogP) is 3.46. The average Bonchev–Trinajstić information content (AvgIpc) is 1.59. The van der Waals surface area contributed by atoms with E-state index in [1.807, 2.05) is 0 Å². The van der Waals surface area contributed by atoms with Gasteiger partial charge in [0, 0.05) is 4.83 Å². The van der Waals surface area contributed by atoms with E-state index in [1.54, 1.807) is 0 Å². The van der Waals surface area contributed by atoms with E-state index >= 15 is 0 Å². The fourth-order valence-electron chi connectivity index (χ4n) is 1.13. The molecule has 0 spiro atoms. The molecule has 1 rings (SSSR count). The molecular formula is C7H10Br2. The molecule has 1 aliphatic carbocycles. The van der Waals surface area contributed by atoms with Crippen molar-refractivity contribution in [3.05, 3.63) is 10.6 Å². The van der Waals surface area contributed by atoms with Crippen LogP contribution in [0.3, 0.4) is 0 Å². The van der Waals surface area contributed by atoms with Crippen molar-refractivity contribution >= 4 is 31.9 Å². The Bertz CT molecular complexity index is 129. The molecule has 2 unspecified atom stereocenters. The van der Waals surface area contributed by atoms with Crippen LogP contribution < -0.4 is 0 Å². The lowest BCUT2D eigenvalue weighted by molar-refractivity contribution is 0.533. The van der Waals surface area contributed by atoms with Crippen LogP contribution in [0.25, 0.3) is 0 Å². The molecule has 0 bridgehead atoms. The van der Waals surface area contributed by atoms with Gasteiger partial charge in [-0.3, -0.25) is 0 Å². The molecule has 0 saturated heterocycles. The highest BCUT2D eigenvalue weighted by molar-refractivity contribution is 9.12. The first-order valence-electron chi connectivity index (χ1n) is 3.18. The largest absolute Gasteiger partial charge is 0.0845 e. The highest BCUT2D eigenvalue weighted by Crippen LogP contribution is 2.30. The smallest absolute Gasteiger partial charge is 0.0338 e. The summed E-state index contributed by atoms with van der Waals surface area (Å²) in [6.45, 7) is 2.28. The van der Waals surface area contributed by atoms with Crippen LogP contribution >= 0.6 is 31.9 Å². The fourth-order valence-corrected chi connectivity index (χ4v) is 3.32. The third-order valence-corrected chi connectivity index (χ3v) is 2.76. The molecule has 2 atom stereocenters. The van der Waals surface area contributed by atoms with Crippen LogP contribution in [0.15, 0.2) is 10.6 Å². The van der Waals surface area contributed by atoms with Gasteiger partial charge in [0.2, 0.25) is 0 Å². The molecular weight excluding hydrogens is 244 g/mol. The number of hydrogen-bond donors (Lipinski definition) is 0. The van der Waals surface area contributed by atoms with Crippen LogP contribution in [-0.2, 0) is 0 Å². The Labute approximate surface area is 73.0 Å². The second kappa shape index (κ2) is 3.20. The molecule has 0 saturated carbocycles. The molecule has 0 aromatic rings. The highest BCUT2D eigenvalue weighted by atomic mass is 79.9. The lowest BCUT2D eigenvalue weighted by Gasteiger charge is -2.19. The molecule has 0 amide bonds. The molecule has 52 valence electrons. The van der Waals surface area contributed by atoms with Crippen LogP contribution in [0.4, 0.5) is 0 Å². The Kier molecular flexibility index (Phi) is 2.77. The third kappa shape index (κ3) is 2.42. The number of hydrogen-bond acceptors (Lipinski definition) is 0. The van der Waals surface area contributed by atoms with Crippen molar-refractivity contribution in [1.82, 2.24) is 0 Å². The summed E-state index contributed by atoms with van der Waals surface area (Å²) in [6, 6.07) is 0. The van der Waals surface area contributed by atoms with Crippen molar-refractivity contribution in [3.63, 3.8) is 0 Å². The second-order valence-electron chi connectivity index (χ2n) is 2.67. The standard InChI is InChI=1S/C7H10Br2/c1-5-2-6(8)4-7(9)3-5/h4-6H,2-3H2,1H3. The van der Waals surface area contributed by atoms with Gasteiger partial charge < -0.3 is 0 Å². The van der Waals surface area contributed by atoms with Gasteiger partial charge in [0.1, 0.15) is 0 Å². The molecule has 0 N–H and O–H groups in total. The van der Waals surface area contributed by atoms with Crippen molar-refractivity contribution < 1.29 is 0 Å². The van der Waals surface area contributed by atoms with Crippen LogP contribution in [-0.4, -0.2) is 4.83 Å². The van der Waals surface area contributed by atoms with Crippen molar-refractivity contribution in [2.24, 2.45) is 5.92 Å². The molecule has 0 aromatic carbocycles. The van der Waals surface area contributed by atoms with Gasteiger partial charge in [-0.2, -0.15) is 0 Å². The zero-order valence-electron chi connectivity index (χ0n) is 5.40. The summed E-state index contributed by atoms with van der Waals surface area (Å²) in [6.07, 6.45) is 4.72. The van der Waals surface area contributed by atoms with E-state index < -0.39 is 0 Å². The first kappa shape index (κ1) is 7.80. The summed E-state index contributed by atoms with van der Waals surface area (Å²) >= 11 is 7.06. The molecule has 0 radical (unpaired) electrons. The van der Waals surface area contributed by atoms with Gasteiger partial charge in [-0.05, 0) is 23.2 Å². The Balaban J connectivity index is 2.56. The normalized spacial score (nSPS) is 36.1. The zero-order valence-corrected chi connectivity index (χ0v) is 8.57. The Morgan fingerprint density at radius 1 is 1.67 bits per heavy atom. The predicted molar refractivity (Wildman–Crippen MR) is 48.1 cm³/mol. The molecule has 0 heterocycles. The summed E-state index contributed by atoms with van der Waals surface area (Å²) in [5.74, 6) is 0.828. The van der Waals surface area contributed by atoms with Crippen LogP contribution in [0.5, 0.6) is 0 Å². The first-order chi connectivity index (χ1) is 4.18. The minimum absolute atomic E-state index is 0.593. The second-order valence-corrected chi connectivity index (χ2v) is 4.87. The maximum atomic E-state index is 3.56. The number of rotatable bonds is 0. The van der Waals surface area contributed by atoms with Crippen molar-refractivity contribution in [1.29, 1.82) is 0 Å². The third-order valence-electron chi connectivity index (χ3n) is 1.53. The van der Waals surface area contributed by atoms with Crippen molar-refractivity contribution in [3.8, 4) is 0 Å². The van der Waals surface area contributed by atoms with Gasteiger partial charge in [0.05, 0.1) is 0 Å². The van der Waals surface area contributed by atoms with Crippen LogP contribution in [0.2, 0.25) is 0 Å². The average molecular weight is 254 g/mol. The Morgan fingerprint density at radius 3 is 2.78 bits per heavy atom. The van der Waals surface area contributed by atoms with Gasteiger partial charge in [-0.15, -0.1) is 0 Å². The molecule has 9 heavy (non-hydrogen) atoms. The zero-order chi connectivity index (χ0) is 6.85. The number of allylic oxidation sites excluding steroid dienone is 2. The van der Waals surface area contributed by atoms with E-state index in [9.17, 15) is 0 Å². The van der Waals surface area contributed by atoms with E-state index in [0.29, 0.717) is 4.83 Å². The lowest BCUT2D eigenvalue weighted by Crippen LogP contribution is -2.08. The summed E-state index contributed by atoms with van der Waals surface area (Å²) in [5.41, 5.74) is 0. The molecule has 1 aliphatic rings. The lowest BCUT2D eigenvalue weighted by atomic mass is 9.97. The summed E-state index contributed by atoms with van der Waals surface area (Å²) in [5, 5.41) is 0. The van der Waals surface area contributed by atoms with E-state index in [4.69, 9.17) is 0 Å². The maximum Gasteiger partial charge on any atom is 0.0338 e. The fraction of sp³-hybridized carbons (Fsp3) is 0.714. The molecule has 0 aromatic heterocycles. The van der Waals surface area contributed by atoms with Gasteiger partial charge in [0.25, 0.3) is 0 Å². The molecule has 0 nitrogen and oxygen atoms in total. The van der Waals surface area contributed by atoms with Gasteiger partial charge in [0.15, 0.2) is 0 Å². The topological polar surface area (TPSA) is 0 Å². The molecule has 0 aliphatic heterocycles. The Hall–Kier alpha value is 0.700. The summed E-state index contributed by atoms with van der Waals surface area (Å²) in [7, 11) is 0. The maximum absolute atomic E-state index is 3.56. The molecule has 2 heteroatoms. The number of halogens is 2. The monoisotopic (exact) mass is 252 g/mol. The summed E-state index contributed by atoms with van der Waals surface area (Å²) in [4.78, 5) is 0.593. The summed E-state index contributed by atoms with van der Waals surface area (Å²) < 4.78 is 1.35.